The highest BCUT2D eigenvalue weighted by Gasteiger charge is 2.26. The molecular formula is C11H11ClN2. The molecule has 0 bridgehead atoms. The number of hydrogen-bond donors (Lipinski definition) is 0. The number of rotatable bonds is 1. The number of fused-ring (bicyclic) bond motifs is 1. The minimum atomic E-state index is 0.615. The number of nitrogens with zero attached hydrogens (tertiary/aromatic N) is 2. The second-order valence-corrected chi connectivity index (χ2v) is 4.34. The fourth-order valence-corrected chi connectivity index (χ4v) is 2.04. The van der Waals surface area contributed by atoms with E-state index in [0.717, 1.165) is 10.6 Å². The Labute approximate surface area is 87.5 Å². The predicted molar refractivity (Wildman–Crippen MR) is 57.8 cm³/mol. The molecule has 0 spiro atoms. The van der Waals surface area contributed by atoms with Gasteiger partial charge in [-0.2, -0.15) is 5.10 Å². The third-order valence-corrected chi connectivity index (χ3v) is 3.25. The van der Waals surface area contributed by atoms with Crippen molar-refractivity contribution in [2.75, 3.05) is 0 Å². The van der Waals surface area contributed by atoms with Crippen LogP contribution in [0.3, 0.4) is 0 Å². The van der Waals surface area contributed by atoms with Gasteiger partial charge in [-0.3, -0.25) is 4.68 Å². The predicted octanol–water partition coefficient (Wildman–Crippen LogP) is 3.33. The number of hydrogen-bond acceptors (Lipinski definition) is 1. The van der Waals surface area contributed by atoms with Crippen LogP contribution in [-0.2, 0) is 0 Å². The fraction of sp³-hybridized carbons (Fsp3) is 0.364. The molecule has 1 saturated carbocycles. The summed E-state index contributed by atoms with van der Waals surface area (Å²) >= 11 is 6.10. The van der Waals surface area contributed by atoms with E-state index < -0.39 is 0 Å². The number of aryl methyl sites for hydroxylation is 1. The van der Waals surface area contributed by atoms with E-state index in [9.17, 15) is 0 Å². The van der Waals surface area contributed by atoms with E-state index in [1.807, 2.05) is 18.3 Å². The Balaban J connectivity index is 2.36. The molecule has 3 heteroatoms. The highest BCUT2D eigenvalue weighted by molar-refractivity contribution is 6.32. The lowest BCUT2D eigenvalue weighted by Gasteiger charge is -2.04. The topological polar surface area (TPSA) is 17.8 Å². The van der Waals surface area contributed by atoms with Crippen LogP contribution in [0.1, 0.15) is 24.4 Å². The summed E-state index contributed by atoms with van der Waals surface area (Å²) < 4.78 is 2.12. The number of aromatic nitrogens is 2. The maximum Gasteiger partial charge on any atom is 0.0729 e. The molecule has 14 heavy (non-hydrogen) atoms. The summed E-state index contributed by atoms with van der Waals surface area (Å²) in [5.74, 6) is 0. The second kappa shape index (κ2) is 2.74. The summed E-state index contributed by atoms with van der Waals surface area (Å²) in [6, 6.07) is 4.60. The van der Waals surface area contributed by atoms with Crippen LogP contribution in [0.5, 0.6) is 0 Å². The standard InChI is InChI=1S/C11H11ClN2/c1-7-10(12)5-2-8-6-13-14(11(7)8)9-3-4-9/h2,5-6,9H,3-4H2,1H3. The maximum atomic E-state index is 6.10. The zero-order chi connectivity index (χ0) is 9.71. The van der Waals surface area contributed by atoms with E-state index in [-0.39, 0.29) is 0 Å². The lowest BCUT2D eigenvalue weighted by molar-refractivity contribution is 0.664. The van der Waals surface area contributed by atoms with Gasteiger partial charge >= 0.3 is 0 Å². The molecule has 1 aromatic carbocycles. The first kappa shape index (κ1) is 8.30. The van der Waals surface area contributed by atoms with Crippen molar-refractivity contribution < 1.29 is 0 Å². The number of halogens is 1. The van der Waals surface area contributed by atoms with Crippen molar-refractivity contribution in [3.8, 4) is 0 Å². The van der Waals surface area contributed by atoms with Gasteiger partial charge in [0.25, 0.3) is 0 Å². The van der Waals surface area contributed by atoms with Gasteiger partial charge in [0.05, 0.1) is 17.8 Å². The molecule has 1 heterocycles. The summed E-state index contributed by atoms with van der Waals surface area (Å²) in [4.78, 5) is 0. The molecule has 72 valence electrons. The first-order chi connectivity index (χ1) is 6.77. The minimum absolute atomic E-state index is 0.615. The smallest absolute Gasteiger partial charge is 0.0729 e. The molecule has 2 nitrogen and oxygen atoms in total. The van der Waals surface area contributed by atoms with Gasteiger partial charge < -0.3 is 0 Å². The van der Waals surface area contributed by atoms with Gasteiger partial charge in [0.15, 0.2) is 0 Å². The molecule has 0 radical (unpaired) electrons. The molecule has 0 atom stereocenters. The average molecular weight is 207 g/mol. The van der Waals surface area contributed by atoms with Crippen LogP contribution in [0.25, 0.3) is 10.9 Å². The highest BCUT2D eigenvalue weighted by Crippen LogP contribution is 2.38. The van der Waals surface area contributed by atoms with Crippen LogP contribution >= 0.6 is 11.6 Å². The van der Waals surface area contributed by atoms with Gasteiger partial charge in [0.2, 0.25) is 0 Å². The summed E-state index contributed by atoms with van der Waals surface area (Å²) in [7, 11) is 0. The SMILES string of the molecule is Cc1c(Cl)ccc2cnn(C3CC3)c12. The third-order valence-electron chi connectivity index (χ3n) is 2.84. The van der Waals surface area contributed by atoms with E-state index in [4.69, 9.17) is 11.6 Å². The normalized spacial score (nSPS) is 16.4. The molecule has 2 aromatic rings. The van der Waals surface area contributed by atoms with Gasteiger partial charge in [0.1, 0.15) is 0 Å². The molecule has 0 unspecified atom stereocenters. The summed E-state index contributed by atoms with van der Waals surface area (Å²) in [6.45, 7) is 2.06. The molecule has 1 fully saturated rings. The highest BCUT2D eigenvalue weighted by atomic mass is 35.5. The Morgan fingerprint density at radius 1 is 1.43 bits per heavy atom. The van der Waals surface area contributed by atoms with E-state index in [0.29, 0.717) is 6.04 Å². The molecule has 1 aromatic heterocycles. The lowest BCUT2D eigenvalue weighted by atomic mass is 10.1. The molecule has 0 amide bonds. The maximum absolute atomic E-state index is 6.10. The van der Waals surface area contributed by atoms with Crippen LogP contribution < -0.4 is 0 Å². The van der Waals surface area contributed by atoms with Crippen molar-refractivity contribution in [2.45, 2.75) is 25.8 Å². The second-order valence-electron chi connectivity index (χ2n) is 3.93. The molecule has 0 aliphatic heterocycles. The van der Waals surface area contributed by atoms with Gasteiger partial charge in [-0.1, -0.05) is 11.6 Å². The Hall–Kier alpha value is -1.02. The average Bonchev–Trinajstić information content (AvgIpc) is 2.93. The fourth-order valence-electron chi connectivity index (χ4n) is 1.88. The van der Waals surface area contributed by atoms with Crippen molar-refractivity contribution in [3.63, 3.8) is 0 Å². The van der Waals surface area contributed by atoms with Crippen LogP contribution in [0, 0.1) is 6.92 Å². The molecule has 0 saturated heterocycles. The van der Waals surface area contributed by atoms with E-state index in [2.05, 4.69) is 16.7 Å². The molecule has 1 aliphatic carbocycles. The Morgan fingerprint density at radius 2 is 2.21 bits per heavy atom. The van der Waals surface area contributed by atoms with E-state index in [1.54, 1.807) is 0 Å². The summed E-state index contributed by atoms with van der Waals surface area (Å²) in [6.07, 6.45) is 4.43. The number of benzene rings is 1. The third kappa shape index (κ3) is 1.07. The van der Waals surface area contributed by atoms with Crippen molar-refractivity contribution in [2.24, 2.45) is 0 Å². The molecular weight excluding hydrogens is 196 g/mol. The zero-order valence-electron chi connectivity index (χ0n) is 8.00. The van der Waals surface area contributed by atoms with Crippen molar-refractivity contribution in [3.05, 3.63) is 28.9 Å². The Bertz CT molecular complexity index is 497. The van der Waals surface area contributed by atoms with Gasteiger partial charge in [-0.25, -0.2) is 0 Å². The zero-order valence-corrected chi connectivity index (χ0v) is 8.75. The largest absolute Gasteiger partial charge is 0.261 e. The summed E-state index contributed by atoms with van der Waals surface area (Å²) in [5.41, 5.74) is 2.36. The molecule has 0 N–H and O–H groups in total. The van der Waals surface area contributed by atoms with E-state index >= 15 is 0 Å². The van der Waals surface area contributed by atoms with Crippen LogP contribution in [0.15, 0.2) is 18.3 Å². The van der Waals surface area contributed by atoms with Crippen LogP contribution in [0.2, 0.25) is 5.02 Å². The monoisotopic (exact) mass is 206 g/mol. The molecule has 1 aliphatic rings. The van der Waals surface area contributed by atoms with Crippen LogP contribution in [0.4, 0.5) is 0 Å². The Kier molecular flexibility index (Phi) is 1.62. The first-order valence-corrected chi connectivity index (χ1v) is 5.27. The summed E-state index contributed by atoms with van der Waals surface area (Å²) in [5, 5.41) is 6.44. The lowest BCUT2D eigenvalue weighted by Crippen LogP contribution is -1.96. The van der Waals surface area contributed by atoms with Crippen molar-refractivity contribution >= 4 is 22.5 Å². The minimum Gasteiger partial charge on any atom is -0.261 e. The van der Waals surface area contributed by atoms with E-state index in [1.165, 1.54) is 23.7 Å². The van der Waals surface area contributed by atoms with Crippen molar-refractivity contribution in [1.82, 2.24) is 9.78 Å². The van der Waals surface area contributed by atoms with Crippen LogP contribution in [-0.4, -0.2) is 9.78 Å². The van der Waals surface area contributed by atoms with Crippen molar-refractivity contribution in [1.29, 1.82) is 0 Å². The quantitative estimate of drug-likeness (QED) is 0.700. The Morgan fingerprint density at radius 3 is 2.93 bits per heavy atom. The van der Waals surface area contributed by atoms with Gasteiger partial charge in [0, 0.05) is 10.4 Å². The first-order valence-electron chi connectivity index (χ1n) is 4.89. The van der Waals surface area contributed by atoms with Gasteiger partial charge in [-0.05, 0) is 37.5 Å². The molecule has 3 rings (SSSR count). The van der Waals surface area contributed by atoms with Gasteiger partial charge in [-0.15, -0.1) is 0 Å².